The van der Waals surface area contributed by atoms with Crippen LogP contribution in [0.5, 0.6) is 5.75 Å². The van der Waals surface area contributed by atoms with Gasteiger partial charge in [-0.05, 0) is 30.7 Å². The van der Waals surface area contributed by atoms with E-state index in [1.165, 1.54) is 0 Å². The van der Waals surface area contributed by atoms with E-state index in [1.54, 1.807) is 7.11 Å². The Morgan fingerprint density at radius 3 is 2.72 bits per heavy atom. The number of ether oxygens (including phenoxy) is 1. The van der Waals surface area contributed by atoms with E-state index in [1.807, 2.05) is 12.1 Å². The Hall–Kier alpha value is -1.10. The molecule has 1 rings (SSSR count). The second-order valence-electron chi connectivity index (χ2n) is 4.30. The fourth-order valence-corrected chi connectivity index (χ4v) is 1.97. The van der Waals surface area contributed by atoms with E-state index in [-0.39, 0.29) is 6.61 Å². The minimum atomic E-state index is 0.233. The molecular formula is C14H24N2O2. The lowest BCUT2D eigenvalue weighted by atomic mass is 10.1. The molecular weight excluding hydrogens is 228 g/mol. The molecule has 4 heteroatoms. The molecule has 0 aliphatic heterocycles. The van der Waals surface area contributed by atoms with Crippen LogP contribution in [0.4, 0.5) is 0 Å². The summed E-state index contributed by atoms with van der Waals surface area (Å²) in [5, 5.41) is 8.89. The second-order valence-corrected chi connectivity index (χ2v) is 4.30. The summed E-state index contributed by atoms with van der Waals surface area (Å²) in [6.45, 7) is 5.57. The van der Waals surface area contributed by atoms with Crippen LogP contribution < -0.4 is 10.5 Å². The fraction of sp³-hybridized carbons (Fsp3) is 0.571. The van der Waals surface area contributed by atoms with Crippen molar-refractivity contribution in [3.63, 3.8) is 0 Å². The van der Waals surface area contributed by atoms with Crippen LogP contribution in [0.2, 0.25) is 0 Å². The standard InChI is InChI=1S/C14H24N2O2/c1-3-16(7-4-8-17)11-13-9-12(10-15)5-6-14(13)18-2/h5-6,9,17H,3-4,7-8,10-11,15H2,1-2H3. The normalized spacial score (nSPS) is 10.9. The molecule has 18 heavy (non-hydrogen) atoms. The van der Waals surface area contributed by atoms with Gasteiger partial charge in [0.25, 0.3) is 0 Å². The van der Waals surface area contributed by atoms with Gasteiger partial charge in [0.2, 0.25) is 0 Å². The average molecular weight is 252 g/mol. The van der Waals surface area contributed by atoms with E-state index >= 15 is 0 Å². The minimum absolute atomic E-state index is 0.233. The fourth-order valence-electron chi connectivity index (χ4n) is 1.97. The lowest BCUT2D eigenvalue weighted by molar-refractivity contribution is 0.223. The van der Waals surface area contributed by atoms with Gasteiger partial charge in [-0.1, -0.05) is 13.0 Å². The molecule has 0 fully saturated rings. The molecule has 0 saturated heterocycles. The summed E-state index contributed by atoms with van der Waals surface area (Å²) in [5.74, 6) is 0.898. The molecule has 0 spiro atoms. The molecule has 0 amide bonds. The SMILES string of the molecule is CCN(CCCO)Cc1cc(CN)ccc1OC. The third-order valence-electron chi connectivity index (χ3n) is 3.05. The molecule has 4 nitrogen and oxygen atoms in total. The molecule has 3 N–H and O–H groups in total. The van der Waals surface area contributed by atoms with Gasteiger partial charge in [0, 0.05) is 31.8 Å². The Balaban J connectivity index is 2.78. The number of nitrogens with two attached hydrogens (primary N) is 1. The summed E-state index contributed by atoms with van der Waals surface area (Å²) in [7, 11) is 1.69. The maximum Gasteiger partial charge on any atom is 0.123 e. The van der Waals surface area contributed by atoms with Gasteiger partial charge in [-0.2, -0.15) is 0 Å². The molecule has 0 atom stereocenters. The van der Waals surface area contributed by atoms with Crippen LogP contribution in [0.25, 0.3) is 0 Å². The third kappa shape index (κ3) is 4.29. The molecule has 0 bridgehead atoms. The number of methoxy groups -OCH3 is 1. The Bertz CT molecular complexity index is 356. The summed E-state index contributed by atoms with van der Waals surface area (Å²) < 4.78 is 5.38. The first-order valence-corrected chi connectivity index (χ1v) is 6.44. The summed E-state index contributed by atoms with van der Waals surface area (Å²) in [4.78, 5) is 2.29. The Labute approximate surface area is 109 Å². The largest absolute Gasteiger partial charge is 0.496 e. The van der Waals surface area contributed by atoms with Crippen molar-refractivity contribution in [3.8, 4) is 5.75 Å². The molecule has 1 aromatic rings. The number of hydrogen-bond acceptors (Lipinski definition) is 4. The topological polar surface area (TPSA) is 58.7 Å². The van der Waals surface area contributed by atoms with Crippen molar-refractivity contribution < 1.29 is 9.84 Å². The van der Waals surface area contributed by atoms with Gasteiger partial charge in [-0.15, -0.1) is 0 Å². The van der Waals surface area contributed by atoms with Gasteiger partial charge in [-0.25, -0.2) is 0 Å². The van der Waals surface area contributed by atoms with Gasteiger partial charge >= 0.3 is 0 Å². The molecule has 0 aliphatic carbocycles. The number of benzene rings is 1. The van der Waals surface area contributed by atoms with Crippen molar-refractivity contribution >= 4 is 0 Å². The van der Waals surface area contributed by atoms with Crippen LogP contribution in [-0.4, -0.2) is 36.8 Å². The molecule has 0 saturated carbocycles. The maximum absolute atomic E-state index is 8.89. The lowest BCUT2D eigenvalue weighted by Crippen LogP contribution is -2.25. The monoisotopic (exact) mass is 252 g/mol. The van der Waals surface area contributed by atoms with Crippen molar-refractivity contribution in [2.24, 2.45) is 5.73 Å². The lowest BCUT2D eigenvalue weighted by Gasteiger charge is -2.21. The van der Waals surface area contributed by atoms with E-state index in [2.05, 4.69) is 17.9 Å². The highest BCUT2D eigenvalue weighted by atomic mass is 16.5. The molecule has 1 aromatic carbocycles. The van der Waals surface area contributed by atoms with E-state index in [0.29, 0.717) is 6.54 Å². The zero-order valence-corrected chi connectivity index (χ0v) is 11.4. The molecule has 0 radical (unpaired) electrons. The Morgan fingerprint density at radius 2 is 2.17 bits per heavy atom. The average Bonchev–Trinajstić information content (AvgIpc) is 2.43. The van der Waals surface area contributed by atoms with Crippen molar-refractivity contribution in [2.75, 3.05) is 26.8 Å². The Morgan fingerprint density at radius 1 is 1.39 bits per heavy atom. The highest BCUT2D eigenvalue weighted by molar-refractivity contribution is 5.37. The second kappa shape index (κ2) is 8.08. The zero-order chi connectivity index (χ0) is 13.4. The zero-order valence-electron chi connectivity index (χ0n) is 11.4. The summed E-state index contributed by atoms with van der Waals surface area (Å²) >= 11 is 0. The predicted octanol–water partition coefficient (Wildman–Crippen LogP) is 1.36. The van der Waals surface area contributed by atoms with Crippen LogP contribution in [0.15, 0.2) is 18.2 Å². The number of nitrogens with zero attached hydrogens (tertiary/aromatic N) is 1. The number of hydrogen-bond donors (Lipinski definition) is 2. The Kier molecular flexibility index (Phi) is 6.72. The van der Waals surface area contributed by atoms with E-state index in [0.717, 1.165) is 42.9 Å². The predicted molar refractivity (Wildman–Crippen MR) is 73.5 cm³/mol. The highest BCUT2D eigenvalue weighted by Gasteiger charge is 2.09. The van der Waals surface area contributed by atoms with E-state index in [4.69, 9.17) is 15.6 Å². The first kappa shape index (κ1) is 15.0. The van der Waals surface area contributed by atoms with Crippen LogP contribution in [0, 0.1) is 0 Å². The van der Waals surface area contributed by atoms with Gasteiger partial charge < -0.3 is 15.6 Å². The van der Waals surface area contributed by atoms with Crippen molar-refractivity contribution in [1.29, 1.82) is 0 Å². The third-order valence-corrected chi connectivity index (χ3v) is 3.05. The number of rotatable bonds is 8. The summed E-state index contributed by atoms with van der Waals surface area (Å²) in [6.07, 6.45) is 0.798. The molecule has 0 heterocycles. The summed E-state index contributed by atoms with van der Waals surface area (Å²) in [5.41, 5.74) is 7.93. The quantitative estimate of drug-likeness (QED) is 0.733. The first-order chi connectivity index (χ1) is 8.74. The molecule has 0 aliphatic rings. The number of aliphatic hydroxyl groups excluding tert-OH is 1. The van der Waals surface area contributed by atoms with E-state index < -0.39 is 0 Å². The maximum atomic E-state index is 8.89. The van der Waals surface area contributed by atoms with Crippen LogP contribution in [0.1, 0.15) is 24.5 Å². The van der Waals surface area contributed by atoms with Crippen molar-refractivity contribution in [1.82, 2.24) is 4.90 Å². The van der Waals surface area contributed by atoms with Gasteiger partial charge in [-0.3, -0.25) is 4.90 Å². The van der Waals surface area contributed by atoms with Crippen molar-refractivity contribution in [3.05, 3.63) is 29.3 Å². The van der Waals surface area contributed by atoms with Crippen molar-refractivity contribution in [2.45, 2.75) is 26.4 Å². The molecule has 0 aromatic heterocycles. The van der Waals surface area contributed by atoms with Crippen LogP contribution in [-0.2, 0) is 13.1 Å². The van der Waals surface area contributed by atoms with Crippen LogP contribution >= 0.6 is 0 Å². The number of aliphatic hydroxyl groups is 1. The smallest absolute Gasteiger partial charge is 0.123 e. The highest BCUT2D eigenvalue weighted by Crippen LogP contribution is 2.21. The first-order valence-electron chi connectivity index (χ1n) is 6.44. The van der Waals surface area contributed by atoms with E-state index in [9.17, 15) is 0 Å². The minimum Gasteiger partial charge on any atom is -0.496 e. The van der Waals surface area contributed by atoms with Gasteiger partial charge in [0.05, 0.1) is 7.11 Å². The molecule has 0 unspecified atom stereocenters. The summed E-state index contributed by atoms with van der Waals surface area (Å²) in [6, 6.07) is 6.06. The van der Waals surface area contributed by atoms with Gasteiger partial charge in [0.1, 0.15) is 5.75 Å². The van der Waals surface area contributed by atoms with Crippen LogP contribution in [0.3, 0.4) is 0 Å². The molecule has 102 valence electrons. The van der Waals surface area contributed by atoms with Gasteiger partial charge in [0.15, 0.2) is 0 Å².